The molecule has 1 saturated heterocycles. The number of nitriles is 1. The molecule has 1 fully saturated rings. The minimum atomic E-state index is -4.80. The van der Waals surface area contributed by atoms with Crippen molar-refractivity contribution >= 4 is 17.0 Å². The quantitative estimate of drug-likeness (QED) is 0.369. The van der Waals surface area contributed by atoms with Crippen molar-refractivity contribution < 1.29 is 22.0 Å². The van der Waals surface area contributed by atoms with Crippen LogP contribution in [0.5, 0.6) is 0 Å². The average molecular weight is 510 g/mol. The van der Waals surface area contributed by atoms with Crippen LogP contribution in [0.1, 0.15) is 24.0 Å². The third kappa shape index (κ3) is 4.68. The van der Waals surface area contributed by atoms with Crippen molar-refractivity contribution in [3.63, 3.8) is 0 Å². The van der Waals surface area contributed by atoms with Gasteiger partial charge in [-0.25, -0.2) is 18.7 Å². The van der Waals surface area contributed by atoms with E-state index >= 15 is 0 Å². The summed E-state index contributed by atoms with van der Waals surface area (Å²) in [6.07, 6.45) is -2.26. The maximum atomic E-state index is 14.7. The lowest BCUT2D eigenvalue weighted by molar-refractivity contribution is -0.137. The number of pyridine rings is 1. The highest BCUT2D eigenvalue weighted by Gasteiger charge is 2.35. The van der Waals surface area contributed by atoms with Crippen LogP contribution < -0.4 is 10.6 Å². The predicted molar refractivity (Wildman–Crippen MR) is 127 cm³/mol. The van der Waals surface area contributed by atoms with E-state index in [1.807, 2.05) is 4.90 Å². The first-order valence-corrected chi connectivity index (χ1v) is 11.4. The smallest absolute Gasteiger partial charge is 0.341 e. The first-order valence-electron chi connectivity index (χ1n) is 11.4. The molecule has 0 bridgehead atoms. The van der Waals surface area contributed by atoms with Crippen LogP contribution >= 0.6 is 0 Å². The van der Waals surface area contributed by atoms with Crippen LogP contribution in [0.4, 0.5) is 27.9 Å². The van der Waals surface area contributed by atoms with Gasteiger partial charge < -0.3 is 10.6 Å². The summed E-state index contributed by atoms with van der Waals surface area (Å²) >= 11 is 0. The summed E-state index contributed by atoms with van der Waals surface area (Å²) in [5.41, 5.74) is 4.49. The molecule has 11 heteroatoms. The number of anilines is 1. The number of hydrogen-bond acceptors (Lipinski definition) is 6. The van der Waals surface area contributed by atoms with Gasteiger partial charge in [0.25, 0.3) is 0 Å². The largest absolute Gasteiger partial charge is 0.417 e. The number of nitrogens with zero attached hydrogens (tertiary/aromatic N) is 5. The van der Waals surface area contributed by atoms with Crippen molar-refractivity contribution in [2.45, 2.75) is 25.1 Å². The summed E-state index contributed by atoms with van der Waals surface area (Å²) < 4.78 is 70.3. The molecule has 0 spiro atoms. The van der Waals surface area contributed by atoms with Crippen LogP contribution in [-0.4, -0.2) is 34.1 Å². The molecule has 0 unspecified atom stereocenters. The van der Waals surface area contributed by atoms with E-state index in [9.17, 15) is 22.0 Å². The Bertz CT molecular complexity index is 1540. The minimum Gasteiger partial charge on any atom is -0.341 e. The Balaban J connectivity index is 1.74. The van der Waals surface area contributed by atoms with Gasteiger partial charge in [-0.2, -0.15) is 23.4 Å². The number of nitrogens with two attached hydrogens (primary N) is 1. The monoisotopic (exact) mass is 510 g/mol. The maximum absolute atomic E-state index is 14.7. The summed E-state index contributed by atoms with van der Waals surface area (Å²) in [4.78, 5) is 15.3. The van der Waals surface area contributed by atoms with Crippen molar-refractivity contribution in [1.82, 2.24) is 15.0 Å². The summed E-state index contributed by atoms with van der Waals surface area (Å²) in [5.74, 6) is -1.54. The van der Waals surface area contributed by atoms with E-state index in [0.29, 0.717) is 31.9 Å². The number of rotatable bonds is 3. The molecular weight excluding hydrogens is 491 g/mol. The van der Waals surface area contributed by atoms with Crippen molar-refractivity contribution in [2.24, 2.45) is 5.73 Å². The third-order valence-electron chi connectivity index (χ3n) is 6.33. The molecule has 0 saturated carbocycles. The summed E-state index contributed by atoms with van der Waals surface area (Å²) in [5, 5.41) is 9.30. The van der Waals surface area contributed by atoms with E-state index in [1.54, 1.807) is 6.07 Å². The van der Waals surface area contributed by atoms with Gasteiger partial charge in [-0.3, -0.25) is 0 Å². The van der Waals surface area contributed by atoms with Gasteiger partial charge in [-0.1, -0.05) is 12.1 Å². The fraction of sp³-hybridized carbons (Fsp3) is 0.231. The Labute approximate surface area is 208 Å². The summed E-state index contributed by atoms with van der Waals surface area (Å²) in [6, 6.07) is 9.72. The van der Waals surface area contributed by atoms with Crippen LogP contribution in [0.2, 0.25) is 0 Å². The third-order valence-corrected chi connectivity index (χ3v) is 6.33. The molecule has 1 aliphatic rings. The predicted octanol–water partition coefficient (Wildman–Crippen LogP) is 5.45. The normalized spacial score (nSPS) is 14.7. The fourth-order valence-electron chi connectivity index (χ4n) is 4.41. The van der Waals surface area contributed by atoms with Crippen LogP contribution in [0.25, 0.3) is 33.4 Å². The standard InChI is InChI=1S/C26H19F5N6/c27-20-3-1-2-19(26(29,30)31)22(20)16-10-18-23(14-4-5-15(12-32)21(28)11-14)35-25(36-24(18)34-13-16)37-8-6-17(33)7-9-37/h1-5,10-11,13,17H,6-9,33H2. The first kappa shape index (κ1) is 24.5. The second kappa shape index (κ2) is 9.37. The Kier molecular flexibility index (Phi) is 6.21. The zero-order valence-corrected chi connectivity index (χ0v) is 19.2. The Morgan fingerprint density at radius 2 is 1.73 bits per heavy atom. The molecule has 6 nitrogen and oxygen atoms in total. The van der Waals surface area contributed by atoms with E-state index in [1.165, 1.54) is 18.2 Å². The number of aromatic nitrogens is 3. The number of hydrogen-bond donors (Lipinski definition) is 1. The van der Waals surface area contributed by atoms with Gasteiger partial charge in [0.1, 0.15) is 17.7 Å². The molecule has 0 amide bonds. The van der Waals surface area contributed by atoms with E-state index in [0.717, 1.165) is 30.5 Å². The molecule has 2 aromatic carbocycles. The Morgan fingerprint density at radius 1 is 0.973 bits per heavy atom. The van der Waals surface area contributed by atoms with Crippen LogP contribution in [0.15, 0.2) is 48.7 Å². The molecule has 37 heavy (non-hydrogen) atoms. The highest BCUT2D eigenvalue weighted by Crippen LogP contribution is 2.40. The molecule has 0 aliphatic carbocycles. The number of fused-ring (bicyclic) bond motifs is 1. The second-order valence-corrected chi connectivity index (χ2v) is 8.76. The first-order chi connectivity index (χ1) is 17.7. The van der Waals surface area contributed by atoms with Crippen LogP contribution in [0, 0.1) is 23.0 Å². The summed E-state index contributed by atoms with van der Waals surface area (Å²) in [7, 11) is 0. The molecule has 2 N–H and O–H groups in total. The highest BCUT2D eigenvalue weighted by molar-refractivity contribution is 5.94. The van der Waals surface area contributed by atoms with Gasteiger partial charge in [-0.15, -0.1) is 0 Å². The molecule has 0 atom stereocenters. The molecule has 4 aromatic rings. The van der Waals surface area contributed by atoms with Gasteiger partial charge in [0, 0.05) is 47.4 Å². The van der Waals surface area contributed by atoms with Crippen molar-refractivity contribution in [1.29, 1.82) is 5.26 Å². The Morgan fingerprint density at radius 3 is 2.41 bits per heavy atom. The molecule has 3 heterocycles. The fourth-order valence-corrected chi connectivity index (χ4v) is 4.41. The SMILES string of the molecule is N#Cc1ccc(-c2nc(N3CCC(N)CC3)nc3ncc(-c4c(F)cccc4C(F)(F)F)cc23)cc1F. The molecular formula is C26H19F5N6. The van der Waals surface area contributed by atoms with Gasteiger partial charge in [0.2, 0.25) is 5.95 Å². The molecule has 5 rings (SSSR count). The average Bonchev–Trinajstić information content (AvgIpc) is 2.87. The number of benzene rings is 2. The van der Waals surface area contributed by atoms with Crippen LogP contribution in [-0.2, 0) is 6.18 Å². The van der Waals surface area contributed by atoms with Gasteiger partial charge in [0.05, 0.1) is 16.8 Å². The molecule has 0 radical (unpaired) electrons. The van der Waals surface area contributed by atoms with Crippen LogP contribution in [0.3, 0.4) is 0 Å². The van der Waals surface area contributed by atoms with E-state index < -0.39 is 28.9 Å². The molecule has 1 aliphatic heterocycles. The Hall–Kier alpha value is -4.17. The molecule has 2 aromatic heterocycles. The van der Waals surface area contributed by atoms with Gasteiger partial charge in [0.15, 0.2) is 5.65 Å². The van der Waals surface area contributed by atoms with Crippen molar-refractivity contribution in [3.05, 3.63) is 71.4 Å². The molecule has 188 valence electrons. The number of piperidine rings is 1. The number of halogens is 5. The second-order valence-electron chi connectivity index (χ2n) is 8.76. The van der Waals surface area contributed by atoms with E-state index in [2.05, 4.69) is 15.0 Å². The summed E-state index contributed by atoms with van der Waals surface area (Å²) in [6.45, 7) is 1.16. The van der Waals surface area contributed by atoms with E-state index in [4.69, 9.17) is 11.0 Å². The number of alkyl halides is 3. The van der Waals surface area contributed by atoms with Gasteiger partial charge >= 0.3 is 6.18 Å². The zero-order chi connectivity index (χ0) is 26.3. The van der Waals surface area contributed by atoms with E-state index in [-0.39, 0.29) is 39.5 Å². The highest BCUT2D eigenvalue weighted by atomic mass is 19.4. The topological polar surface area (TPSA) is 91.7 Å². The minimum absolute atomic E-state index is 0.0491. The maximum Gasteiger partial charge on any atom is 0.417 e. The lowest BCUT2D eigenvalue weighted by Crippen LogP contribution is -2.40. The van der Waals surface area contributed by atoms with Gasteiger partial charge in [-0.05, 0) is 43.2 Å². The lowest BCUT2D eigenvalue weighted by Gasteiger charge is -2.30. The van der Waals surface area contributed by atoms with Crippen molar-refractivity contribution in [3.8, 4) is 28.5 Å². The lowest BCUT2D eigenvalue weighted by atomic mass is 9.98. The zero-order valence-electron chi connectivity index (χ0n) is 19.2. The van der Waals surface area contributed by atoms with Crippen molar-refractivity contribution in [2.75, 3.05) is 18.0 Å².